The number of allylic oxidation sites excluding steroid dienone is 1. The molecule has 1 aromatic heterocycles. The van der Waals surface area contributed by atoms with Crippen LogP contribution in [0.1, 0.15) is 44.9 Å². The van der Waals surface area contributed by atoms with Crippen LogP contribution >= 0.6 is 11.3 Å². The largest absolute Gasteiger partial charge is 0.508 e. The third kappa shape index (κ3) is 4.68. The van der Waals surface area contributed by atoms with Crippen molar-refractivity contribution in [3.8, 4) is 11.5 Å². The Labute approximate surface area is 200 Å². The molecule has 1 atom stereocenters. The number of aromatic nitrogens is 1. The molecule has 0 amide bonds. The van der Waals surface area contributed by atoms with Gasteiger partial charge in [0, 0.05) is 0 Å². The van der Waals surface area contributed by atoms with E-state index < -0.39 is 12.0 Å². The van der Waals surface area contributed by atoms with Crippen LogP contribution in [0.3, 0.4) is 0 Å². The lowest BCUT2D eigenvalue weighted by Crippen LogP contribution is -2.39. The summed E-state index contributed by atoms with van der Waals surface area (Å²) in [5.41, 5.74) is 2.01. The van der Waals surface area contributed by atoms with E-state index in [0.29, 0.717) is 31.9 Å². The van der Waals surface area contributed by atoms with Gasteiger partial charge in [0.25, 0.3) is 5.56 Å². The molecule has 0 aliphatic carbocycles. The number of ether oxygens (including phenoxy) is 2. The summed E-state index contributed by atoms with van der Waals surface area (Å²) in [4.78, 5) is 31.6. The average Bonchev–Trinajstić information content (AvgIpc) is 3.07. The lowest BCUT2D eigenvalue weighted by molar-refractivity contribution is -0.139. The second-order valence-corrected chi connectivity index (χ2v) is 9.14. The first-order valence-corrected chi connectivity index (χ1v) is 11.9. The van der Waals surface area contributed by atoms with E-state index in [9.17, 15) is 14.7 Å². The maximum Gasteiger partial charge on any atom is 0.338 e. The van der Waals surface area contributed by atoms with Crippen LogP contribution in [-0.4, -0.2) is 28.4 Å². The zero-order chi connectivity index (χ0) is 24.4. The fourth-order valence-corrected chi connectivity index (χ4v) is 4.92. The van der Waals surface area contributed by atoms with Crippen molar-refractivity contribution >= 4 is 23.4 Å². The molecule has 1 unspecified atom stereocenters. The van der Waals surface area contributed by atoms with Gasteiger partial charge in [-0.3, -0.25) is 9.36 Å². The van der Waals surface area contributed by atoms with Gasteiger partial charge in [-0.05, 0) is 69.2 Å². The zero-order valence-electron chi connectivity index (χ0n) is 19.4. The molecule has 1 N–H and O–H groups in total. The first-order chi connectivity index (χ1) is 16.3. The van der Waals surface area contributed by atoms with E-state index in [1.807, 2.05) is 38.1 Å². The van der Waals surface area contributed by atoms with Crippen LogP contribution in [0.4, 0.5) is 0 Å². The van der Waals surface area contributed by atoms with Crippen molar-refractivity contribution in [3.05, 3.63) is 90.6 Å². The first kappa shape index (κ1) is 23.5. The Morgan fingerprint density at radius 3 is 2.62 bits per heavy atom. The van der Waals surface area contributed by atoms with Gasteiger partial charge in [-0.25, -0.2) is 9.79 Å². The molecule has 4 rings (SSSR count). The number of rotatable bonds is 6. The Kier molecular flexibility index (Phi) is 6.70. The summed E-state index contributed by atoms with van der Waals surface area (Å²) in [5.74, 6) is 0.315. The number of phenols is 1. The molecule has 2 aromatic carbocycles. The number of aromatic hydroxyl groups is 1. The molecule has 0 fully saturated rings. The number of phenolic OH excluding ortho intramolecular Hbond substituents is 1. The normalized spacial score (nSPS) is 15.8. The fourth-order valence-electron chi connectivity index (χ4n) is 3.87. The van der Waals surface area contributed by atoms with E-state index in [2.05, 4.69) is 4.99 Å². The SMILES string of the molecule is CCOC(=O)C1=C(C)N=c2s/c(=C\c3cccc(O)c3)c(=O)n2C1c1ccc(OC(C)C)cc1. The molecule has 176 valence electrons. The predicted octanol–water partition coefficient (Wildman–Crippen LogP) is 3.29. The van der Waals surface area contributed by atoms with Gasteiger partial charge >= 0.3 is 5.97 Å². The topological polar surface area (TPSA) is 90.1 Å². The Morgan fingerprint density at radius 2 is 1.97 bits per heavy atom. The van der Waals surface area contributed by atoms with Crippen LogP contribution in [0.2, 0.25) is 0 Å². The predicted molar refractivity (Wildman–Crippen MR) is 131 cm³/mol. The highest BCUT2D eigenvalue weighted by Gasteiger charge is 2.33. The molecule has 1 aliphatic rings. The third-order valence-electron chi connectivity index (χ3n) is 5.25. The highest BCUT2D eigenvalue weighted by molar-refractivity contribution is 7.07. The zero-order valence-corrected chi connectivity index (χ0v) is 20.3. The minimum absolute atomic E-state index is 0.0261. The summed E-state index contributed by atoms with van der Waals surface area (Å²) in [6.07, 6.45) is 1.74. The highest BCUT2D eigenvalue weighted by Crippen LogP contribution is 2.31. The fraction of sp³-hybridized carbons (Fsp3) is 0.269. The van der Waals surface area contributed by atoms with Crippen LogP contribution in [0.15, 0.2) is 69.6 Å². The lowest BCUT2D eigenvalue weighted by Gasteiger charge is -2.25. The van der Waals surface area contributed by atoms with Gasteiger partial charge in [0.2, 0.25) is 0 Å². The molecule has 0 radical (unpaired) electrons. The molecule has 1 aliphatic heterocycles. The van der Waals surface area contributed by atoms with Crippen molar-refractivity contribution in [1.29, 1.82) is 0 Å². The maximum absolute atomic E-state index is 13.6. The first-order valence-electron chi connectivity index (χ1n) is 11.0. The van der Waals surface area contributed by atoms with Crippen LogP contribution in [0.5, 0.6) is 11.5 Å². The smallest absolute Gasteiger partial charge is 0.338 e. The summed E-state index contributed by atoms with van der Waals surface area (Å²) < 4.78 is 13.1. The highest BCUT2D eigenvalue weighted by atomic mass is 32.1. The number of thiazole rings is 1. The van der Waals surface area contributed by atoms with Crippen LogP contribution in [0.25, 0.3) is 6.08 Å². The number of nitrogens with zero attached hydrogens (tertiary/aromatic N) is 2. The molecule has 0 saturated heterocycles. The second-order valence-electron chi connectivity index (χ2n) is 8.13. The second kappa shape index (κ2) is 9.69. The van der Waals surface area contributed by atoms with Gasteiger partial charge in [0.15, 0.2) is 4.80 Å². The van der Waals surface area contributed by atoms with Crippen LogP contribution < -0.4 is 19.6 Å². The van der Waals surface area contributed by atoms with Crippen molar-refractivity contribution in [1.82, 2.24) is 4.57 Å². The van der Waals surface area contributed by atoms with Crippen molar-refractivity contribution in [2.24, 2.45) is 4.99 Å². The molecule has 7 nitrogen and oxygen atoms in total. The maximum atomic E-state index is 13.6. The Hall–Kier alpha value is -3.65. The van der Waals surface area contributed by atoms with Crippen LogP contribution in [0, 0.1) is 0 Å². The van der Waals surface area contributed by atoms with E-state index in [1.165, 1.54) is 15.9 Å². The summed E-state index contributed by atoms with van der Waals surface area (Å²) >= 11 is 1.24. The number of fused-ring (bicyclic) bond motifs is 1. The van der Waals surface area contributed by atoms with Crippen molar-refractivity contribution in [3.63, 3.8) is 0 Å². The number of benzene rings is 2. The number of hydrogen-bond donors (Lipinski definition) is 1. The summed E-state index contributed by atoms with van der Waals surface area (Å²) in [6, 6.07) is 13.3. The van der Waals surface area contributed by atoms with Gasteiger partial charge in [-0.1, -0.05) is 35.6 Å². The number of carbonyl (C=O) groups excluding carboxylic acids is 1. The summed E-state index contributed by atoms with van der Waals surface area (Å²) in [5, 5.41) is 9.78. The monoisotopic (exact) mass is 478 g/mol. The summed E-state index contributed by atoms with van der Waals surface area (Å²) in [7, 11) is 0. The summed E-state index contributed by atoms with van der Waals surface area (Å²) in [6.45, 7) is 7.60. The molecule has 34 heavy (non-hydrogen) atoms. The van der Waals surface area contributed by atoms with E-state index in [0.717, 1.165) is 5.56 Å². The molecule has 0 spiro atoms. The van der Waals surface area contributed by atoms with Gasteiger partial charge in [0.1, 0.15) is 11.5 Å². The number of hydrogen-bond acceptors (Lipinski definition) is 7. The van der Waals surface area contributed by atoms with Gasteiger partial charge in [-0.2, -0.15) is 0 Å². The molecule has 2 heterocycles. The molecular formula is C26H26N2O5S. The Bertz CT molecular complexity index is 1430. The van der Waals surface area contributed by atoms with E-state index in [-0.39, 0.29) is 24.0 Å². The molecule has 3 aromatic rings. The standard InChI is InChI=1S/C26H26N2O5S/c1-5-32-25(31)22-16(4)27-26-28(23(22)18-9-11-20(12-10-18)33-15(2)3)24(30)21(34-26)14-17-7-6-8-19(29)13-17/h6-15,23,29H,5H2,1-4H3/b21-14-. The molecular weight excluding hydrogens is 452 g/mol. The molecule has 0 bridgehead atoms. The quantitative estimate of drug-likeness (QED) is 0.549. The number of esters is 1. The Morgan fingerprint density at radius 1 is 1.24 bits per heavy atom. The minimum atomic E-state index is -0.685. The molecule has 0 saturated carbocycles. The third-order valence-corrected chi connectivity index (χ3v) is 6.24. The van der Waals surface area contributed by atoms with E-state index in [4.69, 9.17) is 9.47 Å². The minimum Gasteiger partial charge on any atom is -0.508 e. The number of carbonyl (C=O) groups is 1. The molecule has 8 heteroatoms. The van der Waals surface area contributed by atoms with Gasteiger partial charge in [0.05, 0.1) is 34.6 Å². The van der Waals surface area contributed by atoms with E-state index in [1.54, 1.807) is 44.2 Å². The van der Waals surface area contributed by atoms with Crippen LogP contribution in [-0.2, 0) is 9.53 Å². The Balaban J connectivity index is 1.90. The van der Waals surface area contributed by atoms with E-state index >= 15 is 0 Å². The van der Waals surface area contributed by atoms with Gasteiger partial charge < -0.3 is 14.6 Å². The average molecular weight is 479 g/mol. The van der Waals surface area contributed by atoms with Crippen molar-refractivity contribution in [2.45, 2.75) is 39.8 Å². The van der Waals surface area contributed by atoms with Crippen molar-refractivity contribution < 1.29 is 19.4 Å². The lowest BCUT2D eigenvalue weighted by atomic mass is 9.96. The van der Waals surface area contributed by atoms with Crippen molar-refractivity contribution in [2.75, 3.05) is 6.61 Å². The van der Waals surface area contributed by atoms with Gasteiger partial charge in [-0.15, -0.1) is 0 Å².